The molecule has 1 saturated carbocycles. The Bertz CT molecular complexity index is 766. The lowest BCUT2D eigenvalue weighted by atomic mass is 9.70. The largest absolute Gasteiger partial charge is 0.404 e. The molecular weight excluding hydrogens is 360 g/mol. The van der Waals surface area contributed by atoms with Crippen molar-refractivity contribution in [2.24, 2.45) is 11.3 Å². The van der Waals surface area contributed by atoms with Crippen LogP contribution in [0.15, 0.2) is 60.7 Å². The predicted octanol–water partition coefficient (Wildman–Crippen LogP) is 4.96. The van der Waals surface area contributed by atoms with Crippen LogP contribution in [-0.2, 0) is 9.22 Å². The van der Waals surface area contributed by atoms with Crippen molar-refractivity contribution in [1.29, 1.82) is 0 Å². The second-order valence-electron chi connectivity index (χ2n) is 9.99. The lowest BCUT2D eigenvalue weighted by Crippen LogP contribution is -2.68. The Hall–Kier alpha value is -1.71. The van der Waals surface area contributed by atoms with Crippen LogP contribution in [0.25, 0.3) is 0 Å². The average molecular weight is 395 g/mol. The maximum absolute atomic E-state index is 12.7. The van der Waals surface area contributed by atoms with Gasteiger partial charge in [0.15, 0.2) is 0 Å². The van der Waals surface area contributed by atoms with Crippen LogP contribution in [0.1, 0.15) is 54.4 Å². The molecule has 1 fully saturated rings. The van der Waals surface area contributed by atoms with Gasteiger partial charge in [0.1, 0.15) is 5.78 Å². The van der Waals surface area contributed by atoms with Gasteiger partial charge in [-0.25, -0.2) is 0 Å². The number of carbonyl (C=O) groups is 1. The van der Waals surface area contributed by atoms with Crippen molar-refractivity contribution >= 4 is 24.5 Å². The highest BCUT2D eigenvalue weighted by Crippen LogP contribution is 2.42. The minimum Gasteiger partial charge on any atom is -0.404 e. The first kappa shape index (κ1) is 21.0. The Balaban J connectivity index is 2.13. The summed E-state index contributed by atoms with van der Waals surface area (Å²) in [6.07, 6.45) is 1.70. The summed E-state index contributed by atoms with van der Waals surface area (Å²) in [4.78, 5) is 12.7. The molecule has 3 heteroatoms. The van der Waals surface area contributed by atoms with E-state index in [1.807, 2.05) is 0 Å². The summed E-state index contributed by atoms with van der Waals surface area (Å²) in [6, 6.07) is 21.5. The van der Waals surface area contributed by atoms with Gasteiger partial charge in [0.05, 0.1) is 0 Å². The second-order valence-corrected chi connectivity index (χ2v) is 14.2. The summed E-state index contributed by atoms with van der Waals surface area (Å²) in [5, 5.41) is 2.57. The normalized spacial score (nSPS) is 22.9. The number of ketones is 1. The zero-order chi connectivity index (χ0) is 20.6. The third-order valence-corrected chi connectivity index (χ3v) is 11.3. The van der Waals surface area contributed by atoms with E-state index in [1.165, 1.54) is 10.4 Å². The van der Waals surface area contributed by atoms with Gasteiger partial charge in [0.2, 0.25) is 0 Å². The second kappa shape index (κ2) is 7.60. The van der Waals surface area contributed by atoms with E-state index in [2.05, 4.69) is 102 Å². The Morgan fingerprint density at radius 2 is 1.39 bits per heavy atom. The van der Waals surface area contributed by atoms with Gasteiger partial charge < -0.3 is 4.43 Å². The van der Waals surface area contributed by atoms with E-state index in [-0.39, 0.29) is 22.5 Å². The molecule has 0 saturated heterocycles. The van der Waals surface area contributed by atoms with Gasteiger partial charge in [0.25, 0.3) is 8.32 Å². The minimum absolute atomic E-state index is 0.0372. The molecule has 2 aromatic rings. The highest BCUT2D eigenvalue weighted by atomic mass is 28.4. The van der Waals surface area contributed by atoms with E-state index in [0.29, 0.717) is 5.78 Å². The molecule has 0 aromatic heterocycles. The summed E-state index contributed by atoms with van der Waals surface area (Å²) >= 11 is 0. The van der Waals surface area contributed by atoms with Gasteiger partial charge in [-0.3, -0.25) is 4.79 Å². The standard InChI is InChI=1S/C25H34O2Si/c1-19-17-20(18-25(5,6)23(19)26)27-28(24(2,3)4,21-13-9-7-10-14-21)22-15-11-8-12-16-22/h7-16,19-20H,17-18H2,1-6H3/t19-,20+/m0/s1. The van der Waals surface area contributed by atoms with Gasteiger partial charge in [0, 0.05) is 17.4 Å². The van der Waals surface area contributed by atoms with E-state index in [1.54, 1.807) is 0 Å². The quantitative estimate of drug-likeness (QED) is 0.685. The van der Waals surface area contributed by atoms with E-state index in [0.717, 1.165) is 12.8 Å². The molecule has 0 N–H and O–H groups in total. The summed E-state index contributed by atoms with van der Waals surface area (Å²) in [5.74, 6) is 0.418. The summed E-state index contributed by atoms with van der Waals surface area (Å²) < 4.78 is 7.26. The van der Waals surface area contributed by atoms with Crippen LogP contribution in [0, 0.1) is 11.3 Å². The van der Waals surface area contributed by atoms with Crippen LogP contribution in [0.2, 0.25) is 5.04 Å². The van der Waals surface area contributed by atoms with Crippen LogP contribution in [-0.4, -0.2) is 20.2 Å². The summed E-state index contributed by atoms with van der Waals surface area (Å²) in [7, 11) is -2.56. The minimum atomic E-state index is -2.56. The number of Topliss-reactive ketones (excluding diaryl/α,β-unsaturated/α-hetero) is 1. The van der Waals surface area contributed by atoms with Crippen LogP contribution in [0.4, 0.5) is 0 Å². The zero-order valence-electron chi connectivity index (χ0n) is 18.2. The van der Waals surface area contributed by atoms with E-state index >= 15 is 0 Å². The third kappa shape index (κ3) is 3.75. The van der Waals surface area contributed by atoms with E-state index < -0.39 is 8.32 Å². The van der Waals surface area contributed by atoms with E-state index in [4.69, 9.17) is 4.43 Å². The van der Waals surface area contributed by atoms with Crippen molar-refractivity contribution in [3.63, 3.8) is 0 Å². The van der Waals surface area contributed by atoms with Crippen molar-refractivity contribution in [2.45, 2.75) is 65.5 Å². The third-order valence-electron chi connectivity index (χ3n) is 6.23. The maximum Gasteiger partial charge on any atom is 0.261 e. The number of carbonyl (C=O) groups excluding carboxylic acids is 1. The summed E-state index contributed by atoms with van der Waals surface area (Å²) in [5.41, 5.74) is -0.326. The van der Waals surface area contributed by atoms with Crippen molar-refractivity contribution in [2.75, 3.05) is 0 Å². The molecule has 1 aliphatic carbocycles. The highest BCUT2D eigenvalue weighted by molar-refractivity contribution is 6.99. The number of hydrogen-bond donors (Lipinski definition) is 0. The molecule has 0 unspecified atom stereocenters. The monoisotopic (exact) mass is 394 g/mol. The Morgan fingerprint density at radius 1 is 0.929 bits per heavy atom. The smallest absolute Gasteiger partial charge is 0.261 e. The first-order valence-electron chi connectivity index (χ1n) is 10.4. The predicted molar refractivity (Wildman–Crippen MR) is 120 cm³/mol. The van der Waals surface area contributed by atoms with Gasteiger partial charge >= 0.3 is 0 Å². The van der Waals surface area contributed by atoms with Crippen molar-refractivity contribution < 1.29 is 9.22 Å². The number of benzene rings is 2. The Labute approximate surface area is 171 Å². The molecule has 0 bridgehead atoms. The molecule has 2 nitrogen and oxygen atoms in total. The highest BCUT2D eigenvalue weighted by Gasteiger charge is 2.53. The topological polar surface area (TPSA) is 26.3 Å². The number of rotatable bonds is 4. The first-order valence-corrected chi connectivity index (χ1v) is 12.3. The van der Waals surface area contributed by atoms with Crippen molar-refractivity contribution in [1.82, 2.24) is 0 Å². The zero-order valence-corrected chi connectivity index (χ0v) is 19.2. The summed E-state index contributed by atoms with van der Waals surface area (Å²) in [6.45, 7) is 13.1. The molecular formula is C25H34O2Si. The van der Waals surface area contributed by atoms with Crippen LogP contribution < -0.4 is 10.4 Å². The molecule has 2 aromatic carbocycles. The van der Waals surface area contributed by atoms with Gasteiger partial charge in [-0.05, 0) is 28.3 Å². The molecule has 2 atom stereocenters. The molecule has 28 heavy (non-hydrogen) atoms. The molecule has 0 heterocycles. The van der Waals surface area contributed by atoms with Crippen LogP contribution in [0.3, 0.4) is 0 Å². The van der Waals surface area contributed by atoms with Gasteiger partial charge in [-0.15, -0.1) is 0 Å². The fraction of sp³-hybridized carbons (Fsp3) is 0.480. The first-order chi connectivity index (χ1) is 13.1. The van der Waals surface area contributed by atoms with Crippen LogP contribution >= 0.6 is 0 Å². The van der Waals surface area contributed by atoms with Gasteiger partial charge in [-0.2, -0.15) is 0 Å². The van der Waals surface area contributed by atoms with Crippen molar-refractivity contribution in [3.8, 4) is 0 Å². The van der Waals surface area contributed by atoms with E-state index in [9.17, 15) is 4.79 Å². The SMILES string of the molecule is C[C@H]1C[C@@H](O[Si](c2ccccc2)(c2ccccc2)C(C)(C)C)CC(C)(C)C1=O. The van der Waals surface area contributed by atoms with Crippen molar-refractivity contribution in [3.05, 3.63) is 60.7 Å². The lowest BCUT2D eigenvalue weighted by molar-refractivity contribution is -0.137. The fourth-order valence-electron chi connectivity index (χ4n) is 4.95. The van der Waals surface area contributed by atoms with Crippen LogP contribution in [0.5, 0.6) is 0 Å². The molecule has 1 aliphatic rings. The molecule has 0 aliphatic heterocycles. The lowest BCUT2D eigenvalue weighted by Gasteiger charge is -2.48. The molecule has 0 amide bonds. The fourth-order valence-corrected chi connectivity index (χ4v) is 9.65. The molecule has 0 radical (unpaired) electrons. The maximum atomic E-state index is 12.7. The Morgan fingerprint density at radius 3 is 1.79 bits per heavy atom. The molecule has 3 rings (SSSR count). The Kier molecular flexibility index (Phi) is 5.71. The molecule has 150 valence electrons. The average Bonchev–Trinajstić information content (AvgIpc) is 2.64. The molecule has 0 spiro atoms. The number of hydrogen-bond acceptors (Lipinski definition) is 2. The van der Waals surface area contributed by atoms with Gasteiger partial charge in [-0.1, -0.05) is 102 Å².